The summed E-state index contributed by atoms with van der Waals surface area (Å²) < 4.78 is 18.0. The Hall–Kier alpha value is -1.65. The van der Waals surface area contributed by atoms with E-state index in [0.717, 1.165) is 11.1 Å². The van der Waals surface area contributed by atoms with Gasteiger partial charge >= 0.3 is 0 Å². The minimum Gasteiger partial charge on any atom is -0.481 e. The molecule has 0 amide bonds. The lowest BCUT2D eigenvalue weighted by Gasteiger charge is -2.11. The topological polar surface area (TPSA) is 42.4 Å². The van der Waals surface area contributed by atoms with Crippen molar-refractivity contribution in [2.75, 3.05) is 7.11 Å². The second-order valence-corrected chi connectivity index (χ2v) is 4.93. The molecule has 0 fully saturated rings. The van der Waals surface area contributed by atoms with Crippen molar-refractivity contribution in [1.82, 2.24) is 4.98 Å². The van der Waals surface area contributed by atoms with Crippen LogP contribution in [0.2, 0.25) is 5.02 Å². The fourth-order valence-corrected chi connectivity index (χ4v) is 2.14. The van der Waals surface area contributed by atoms with Gasteiger partial charge in [-0.1, -0.05) is 23.7 Å². The van der Waals surface area contributed by atoms with E-state index >= 15 is 0 Å². The molecule has 0 aliphatic carbocycles. The van der Waals surface area contributed by atoms with Crippen molar-refractivity contribution in [3.63, 3.8) is 0 Å². The summed E-state index contributed by atoms with van der Waals surface area (Å²) in [5, 5.41) is 10.1. The third kappa shape index (κ3) is 3.92. The summed E-state index contributed by atoms with van der Waals surface area (Å²) in [6, 6.07) is 8.06. The van der Waals surface area contributed by atoms with Crippen LogP contribution in [0.5, 0.6) is 5.88 Å². The SMILES string of the molecule is COc1ccc(CC(O)Cc2ccc(F)c(Cl)c2)cn1. The van der Waals surface area contributed by atoms with Gasteiger partial charge in [-0.05, 0) is 29.7 Å². The summed E-state index contributed by atoms with van der Waals surface area (Å²) >= 11 is 5.71. The molecule has 0 spiro atoms. The summed E-state index contributed by atoms with van der Waals surface area (Å²) in [6.07, 6.45) is 1.96. The zero-order valence-corrected chi connectivity index (χ0v) is 11.8. The molecule has 0 saturated heterocycles. The second kappa shape index (κ2) is 6.68. The minimum atomic E-state index is -0.577. The van der Waals surface area contributed by atoms with Crippen LogP contribution in [0.25, 0.3) is 0 Å². The Morgan fingerprint density at radius 1 is 1.25 bits per heavy atom. The molecule has 2 aromatic rings. The highest BCUT2D eigenvalue weighted by Crippen LogP contribution is 2.18. The number of aliphatic hydroxyl groups is 1. The highest BCUT2D eigenvalue weighted by Gasteiger charge is 2.09. The van der Waals surface area contributed by atoms with Gasteiger partial charge < -0.3 is 9.84 Å². The second-order valence-electron chi connectivity index (χ2n) is 4.52. The van der Waals surface area contributed by atoms with Crippen LogP contribution >= 0.6 is 11.6 Å². The van der Waals surface area contributed by atoms with E-state index in [9.17, 15) is 9.50 Å². The Morgan fingerprint density at radius 3 is 2.55 bits per heavy atom. The maximum atomic E-state index is 13.0. The zero-order chi connectivity index (χ0) is 14.5. The number of aliphatic hydroxyl groups excluding tert-OH is 1. The molecule has 1 N–H and O–H groups in total. The van der Waals surface area contributed by atoms with Gasteiger partial charge in [-0.2, -0.15) is 0 Å². The van der Waals surface area contributed by atoms with Crippen LogP contribution in [-0.4, -0.2) is 23.3 Å². The fourth-order valence-electron chi connectivity index (χ4n) is 1.94. The summed E-state index contributed by atoms with van der Waals surface area (Å²) in [5.41, 5.74) is 1.71. The number of ether oxygens (including phenoxy) is 1. The smallest absolute Gasteiger partial charge is 0.212 e. The van der Waals surface area contributed by atoms with Crippen LogP contribution in [-0.2, 0) is 12.8 Å². The van der Waals surface area contributed by atoms with Crippen LogP contribution in [0.15, 0.2) is 36.5 Å². The molecule has 5 heteroatoms. The van der Waals surface area contributed by atoms with E-state index in [0.29, 0.717) is 18.7 Å². The van der Waals surface area contributed by atoms with Crippen molar-refractivity contribution < 1.29 is 14.2 Å². The molecular weight excluding hydrogens is 281 g/mol. The summed E-state index contributed by atoms with van der Waals surface area (Å²) in [7, 11) is 1.55. The van der Waals surface area contributed by atoms with Crippen molar-refractivity contribution in [2.45, 2.75) is 18.9 Å². The van der Waals surface area contributed by atoms with Crippen molar-refractivity contribution in [2.24, 2.45) is 0 Å². The van der Waals surface area contributed by atoms with Crippen LogP contribution in [0.3, 0.4) is 0 Å². The molecule has 1 unspecified atom stereocenters. The molecule has 0 aliphatic rings. The third-order valence-corrected chi connectivity index (χ3v) is 3.22. The normalized spacial score (nSPS) is 12.2. The average molecular weight is 296 g/mol. The van der Waals surface area contributed by atoms with E-state index in [4.69, 9.17) is 16.3 Å². The molecule has 1 heterocycles. The summed E-state index contributed by atoms with van der Waals surface area (Å²) in [6.45, 7) is 0. The molecule has 1 aromatic carbocycles. The molecule has 0 aliphatic heterocycles. The lowest BCUT2D eigenvalue weighted by Crippen LogP contribution is -2.14. The third-order valence-electron chi connectivity index (χ3n) is 2.93. The predicted octanol–water partition coefficient (Wildman–Crippen LogP) is 3.03. The first kappa shape index (κ1) is 14.8. The molecule has 0 radical (unpaired) electrons. The number of rotatable bonds is 5. The van der Waals surface area contributed by atoms with Gasteiger partial charge in [-0.15, -0.1) is 0 Å². The van der Waals surface area contributed by atoms with Gasteiger partial charge in [0, 0.05) is 18.7 Å². The molecule has 0 saturated carbocycles. The van der Waals surface area contributed by atoms with Gasteiger partial charge in [0.1, 0.15) is 5.82 Å². The highest BCUT2D eigenvalue weighted by atomic mass is 35.5. The first-order valence-corrected chi connectivity index (χ1v) is 6.57. The van der Waals surface area contributed by atoms with E-state index < -0.39 is 11.9 Å². The monoisotopic (exact) mass is 295 g/mol. The zero-order valence-electron chi connectivity index (χ0n) is 11.0. The molecule has 1 atom stereocenters. The standard InChI is InChI=1S/C15H15ClFNO2/c1-20-15-5-3-11(9-18-15)7-12(19)6-10-2-4-14(17)13(16)8-10/h2-5,8-9,12,19H,6-7H2,1H3. The van der Waals surface area contributed by atoms with Crippen LogP contribution < -0.4 is 4.74 Å². The van der Waals surface area contributed by atoms with Gasteiger partial charge in [0.25, 0.3) is 0 Å². The van der Waals surface area contributed by atoms with Crippen molar-refractivity contribution in [3.8, 4) is 5.88 Å². The summed E-state index contributed by atoms with van der Waals surface area (Å²) in [4.78, 5) is 4.08. The Bertz CT molecular complexity index is 575. The predicted molar refractivity (Wildman–Crippen MR) is 75.6 cm³/mol. The molecule has 1 aromatic heterocycles. The van der Waals surface area contributed by atoms with E-state index in [1.807, 2.05) is 6.07 Å². The largest absolute Gasteiger partial charge is 0.481 e. The van der Waals surface area contributed by atoms with E-state index in [-0.39, 0.29) is 5.02 Å². The quantitative estimate of drug-likeness (QED) is 0.922. The lowest BCUT2D eigenvalue weighted by atomic mass is 10.0. The van der Waals surface area contributed by atoms with E-state index in [2.05, 4.69) is 4.98 Å². The number of methoxy groups -OCH3 is 1. The molecule has 106 valence electrons. The molecule has 0 bridgehead atoms. The Morgan fingerprint density at radius 2 is 1.95 bits per heavy atom. The Balaban J connectivity index is 1.97. The van der Waals surface area contributed by atoms with Gasteiger partial charge in [0.15, 0.2) is 0 Å². The number of nitrogens with zero attached hydrogens (tertiary/aromatic N) is 1. The van der Waals surface area contributed by atoms with Crippen molar-refractivity contribution >= 4 is 11.6 Å². The Labute approximate surface area is 122 Å². The maximum absolute atomic E-state index is 13.0. The average Bonchev–Trinajstić information content (AvgIpc) is 2.44. The van der Waals surface area contributed by atoms with Crippen LogP contribution in [0.4, 0.5) is 4.39 Å². The number of aromatic nitrogens is 1. The number of hydrogen-bond acceptors (Lipinski definition) is 3. The number of benzene rings is 1. The van der Waals surface area contributed by atoms with E-state index in [1.165, 1.54) is 12.1 Å². The number of pyridine rings is 1. The molecule has 3 nitrogen and oxygen atoms in total. The van der Waals surface area contributed by atoms with E-state index in [1.54, 1.807) is 25.4 Å². The van der Waals surface area contributed by atoms with Gasteiger partial charge in [0.05, 0.1) is 18.2 Å². The molecular formula is C15H15ClFNO2. The lowest BCUT2D eigenvalue weighted by molar-refractivity contribution is 0.175. The first-order valence-electron chi connectivity index (χ1n) is 6.19. The molecule has 20 heavy (non-hydrogen) atoms. The minimum absolute atomic E-state index is 0.0702. The van der Waals surface area contributed by atoms with Crippen molar-refractivity contribution in [3.05, 3.63) is 58.5 Å². The summed E-state index contributed by atoms with van der Waals surface area (Å²) in [5.74, 6) is 0.0813. The van der Waals surface area contributed by atoms with Gasteiger partial charge in [0.2, 0.25) is 5.88 Å². The van der Waals surface area contributed by atoms with Crippen LogP contribution in [0, 0.1) is 5.82 Å². The highest BCUT2D eigenvalue weighted by molar-refractivity contribution is 6.30. The van der Waals surface area contributed by atoms with Gasteiger partial charge in [-0.3, -0.25) is 0 Å². The molecule has 2 rings (SSSR count). The number of hydrogen-bond donors (Lipinski definition) is 1. The maximum Gasteiger partial charge on any atom is 0.212 e. The van der Waals surface area contributed by atoms with Crippen molar-refractivity contribution in [1.29, 1.82) is 0 Å². The number of halogens is 2. The fraction of sp³-hybridized carbons (Fsp3) is 0.267. The van der Waals surface area contributed by atoms with Crippen LogP contribution in [0.1, 0.15) is 11.1 Å². The van der Waals surface area contributed by atoms with Gasteiger partial charge in [-0.25, -0.2) is 9.37 Å². The Kier molecular flexibility index (Phi) is 4.93. The first-order chi connectivity index (χ1) is 9.58.